The van der Waals surface area contributed by atoms with Crippen LogP contribution < -0.4 is 9.04 Å². The van der Waals surface area contributed by atoms with Gasteiger partial charge in [-0.1, -0.05) is 18.2 Å². The lowest BCUT2D eigenvalue weighted by atomic mass is 10.2. The van der Waals surface area contributed by atoms with Crippen LogP contribution in [0.15, 0.2) is 53.4 Å². The van der Waals surface area contributed by atoms with Crippen molar-refractivity contribution in [2.24, 2.45) is 0 Å². The number of ether oxygens (including phenoxy) is 1. The minimum Gasteiger partial charge on any atom is -0.495 e. The molecule has 0 saturated heterocycles. The Morgan fingerprint density at radius 3 is 2.56 bits per heavy atom. The first kappa shape index (κ1) is 20.2. The first-order valence-corrected chi connectivity index (χ1v) is 9.33. The Labute approximate surface area is 156 Å². The van der Waals surface area contributed by atoms with Gasteiger partial charge in [0.1, 0.15) is 5.75 Å². The summed E-state index contributed by atoms with van der Waals surface area (Å²) < 4.78 is 32.5. The highest BCUT2D eigenvalue weighted by molar-refractivity contribution is 7.92. The molecule has 0 spiro atoms. The average molecular weight is 394 g/mol. The van der Waals surface area contributed by atoms with E-state index in [0.717, 1.165) is 10.4 Å². The van der Waals surface area contributed by atoms with Crippen LogP contribution in [0.25, 0.3) is 0 Å². The maximum atomic E-state index is 13.2. The number of carboxylic acids is 1. The molecule has 2 aromatic rings. The molecule has 0 aliphatic rings. The summed E-state index contributed by atoms with van der Waals surface area (Å²) in [4.78, 5) is 20.8. The molecule has 0 aromatic heterocycles. The van der Waals surface area contributed by atoms with E-state index in [4.69, 9.17) is 9.84 Å². The molecule has 0 saturated carbocycles. The molecule has 144 valence electrons. The first-order chi connectivity index (χ1) is 12.8. The Morgan fingerprint density at radius 1 is 1.22 bits per heavy atom. The Hall–Kier alpha value is -3.14. The molecule has 10 heteroatoms. The number of sulfonamides is 1. The lowest BCUT2D eigenvalue weighted by molar-refractivity contribution is -0.385. The van der Waals surface area contributed by atoms with E-state index in [0.29, 0.717) is 0 Å². The van der Waals surface area contributed by atoms with Crippen LogP contribution in [0.5, 0.6) is 5.75 Å². The number of rotatable bonds is 9. The lowest BCUT2D eigenvalue weighted by Gasteiger charge is -2.25. The topological polar surface area (TPSA) is 127 Å². The molecule has 0 unspecified atom stereocenters. The molecular formula is C17H18N2O7S. The standard InChI is InChI=1S/C17H18N2O7S/c1-26-16-9-3-2-8-15(16)18(11-5-10-17(20)21)27(24,25)14-7-4-6-13(12-14)19(22)23/h2-4,6-9,12H,5,10-11H2,1H3,(H,20,21). The van der Waals surface area contributed by atoms with Crippen molar-refractivity contribution in [2.75, 3.05) is 18.0 Å². The first-order valence-electron chi connectivity index (χ1n) is 7.89. The van der Waals surface area contributed by atoms with Gasteiger partial charge in [0.15, 0.2) is 0 Å². The van der Waals surface area contributed by atoms with Gasteiger partial charge in [0.05, 0.1) is 22.6 Å². The second kappa shape index (κ2) is 8.49. The number of non-ortho nitro benzene ring substituents is 1. The fourth-order valence-corrected chi connectivity index (χ4v) is 4.02. The molecule has 0 aliphatic heterocycles. The Balaban J connectivity index is 2.52. The fraction of sp³-hybridized carbons (Fsp3) is 0.235. The molecule has 0 fully saturated rings. The van der Waals surface area contributed by atoms with Gasteiger partial charge in [-0.15, -0.1) is 0 Å². The molecule has 0 atom stereocenters. The molecule has 9 nitrogen and oxygen atoms in total. The average Bonchev–Trinajstić information content (AvgIpc) is 2.65. The predicted molar refractivity (Wildman–Crippen MR) is 97.5 cm³/mol. The van der Waals surface area contributed by atoms with E-state index in [1.54, 1.807) is 18.2 Å². The normalized spacial score (nSPS) is 11.0. The van der Waals surface area contributed by atoms with Gasteiger partial charge >= 0.3 is 5.97 Å². The molecule has 0 heterocycles. The minimum absolute atomic E-state index is 0.0571. The summed E-state index contributed by atoms with van der Waals surface area (Å²) in [6, 6.07) is 11.1. The number of hydrogen-bond donors (Lipinski definition) is 1. The molecule has 1 N–H and O–H groups in total. The maximum absolute atomic E-state index is 13.2. The molecule has 2 aromatic carbocycles. The van der Waals surface area contributed by atoms with Crippen molar-refractivity contribution in [2.45, 2.75) is 17.7 Å². The number of anilines is 1. The van der Waals surface area contributed by atoms with Gasteiger partial charge in [0, 0.05) is 25.1 Å². The van der Waals surface area contributed by atoms with Crippen molar-refractivity contribution >= 4 is 27.4 Å². The molecule has 0 bridgehead atoms. The van der Waals surface area contributed by atoms with Crippen molar-refractivity contribution in [3.63, 3.8) is 0 Å². The number of carbonyl (C=O) groups is 1. The van der Waals surface area contributed by atoms with Crippen LogP contribution >= 0.6 is 0 Å². The van der Waals surface area contributed by atoms with E-state index in [2.05, 4.69) is 0 Å². The summed E-state index contributed by atoms with van der Waals surface area (Å²) in [5.41, 5.74) is -0.140. The van der Waals surface area contributed by atoms with E-state index in [1.165, 1.54) is 31.4 Å². The number of aliphatic carboxylic acids is 1. The van der Waals surface area contributed by atoms with Gasteiger partial charge in [-0.25, -0.2) is 8.42 Å². The number of nitro benzene ring substituents is 1. The minimum atomic E-state index is -4.18. The van der Waals surface area contributed by atoms with Crippen LogP contribution in [0.2, 0.25) is 0 Å². The van der Waals surface area contributed by atoms with Crippen LogP contribution in [-0.4, -0.2) is 38.1 Å². The zero-order valence-electron chi connectivity index (χ0n) is 14.4. The van der Waals surface area contributed by atoms with Crippen LogP contribution in [-0.2, 0) is 14.8 Å². The van der Waals surface area contributed by atoms with E-state index in [-0.39, 0.29) is 41.4 Å². The molecular weight excluding hydrogens is 376 g/mol. The van der Waals surface area contributed by atoms with Crippen LogP contribution in [0.4, 0.5) is 11.4 Å². The van der Waals surface area contributed by atoms with Gasteiger partial charge in [-0.05, 0) is 24.6 Å². The van der Waals surface area contributed by atoms with Gasteiger partial charge < -0.3 is 9.84 Å². The number of para-hydroxylation sites is 2. The van der Waals surface area contributed by atoms with Crippen molar-refractivity contribution < 1.29 is 28.0 Å². The highest BCUT2D eigenvalue weighted by atomic mass is 32.2. The van der Waals surface area contributed by atoms with Gasteiger partial charge in [0.2, 0.25) is 0 Å². The summed E-state index contributed by atoms with van der Waals surface area (Å²) in [6.07, 6.45) is -0.169. The van der Waals surface area contributed by atoms with E-state index in [1.807, 2.05) is 0 Å². The summed E-state index contributed by atoms with van der Waals surface area (Å²) >= 11 is 0. The van der Waals surface area contributed by atoms with Crippen molar-refractivity contribution in [1.82, 2.24) is 0 Å². The van der Waals surface area contributed by atoms with Gasteiger partial charge in [0.25, 0.3) is 15.7 Å². The molecule has 2 rings (SSSR count). The van der Waals surface area contributed by atoms with Crippen LogP contribution in [0, 0.1) is 10.1 Å². The highest BCUT2D eigenvalue weighted by Crippen LogP contribution is 2.33. The fourth-order valence-electron chi connectivity index (χ4n) is 2.46. The monoisotopic (exact) mass is 394 g/mol. The van der Waals surface area contributed by atoms with Gasteiger partial charge in [-0.3, -0.25) is 19.2 Å². The van der Waals surface area contributed by atoms with Crippen LogP contribution in [0.1, 0.15) is 12.8 Å². The molecule has 0 radical (unpaired) electrons. The number of hydrogen-bond acceptors (Lipinski definition) is 6. The van der Waals surface area contributed by atoms with E-state index >= 15 is 0 Å². The van der Waals surface area contributed by atoms with Crippen LogP contribution in [0.3, 0.4) is 0 Å². The summed E-state index contributed by atoms with van der Waals surface area (Å²) in [7, 11) is -2.80. The third-order valence-corrected chi connectivity index (χ3v) is 5.53. The van der Waals surface area contributed by atoms with Crippen molar-refractivity contribution in [3.05, 3.63) is 58.6 Å². The Morgan fingerprint density at radius 2 is 1.93 bits per heavy atom. The molecule has 0 aliphatic carbocycles. The quantitative estimate of drug-likeness (QED) is 0.511. The largest absolute Gasteiger partial charge is 0.495 e. The Kier molecular flexibility index (Phi) is 6.35. The number of benzene rings is 2. The molecule has 0 amide bonds. The van der Waals surface area contributed by atoms with E-state index in [9.17, 15) is 23.3 Å². The number of methoxy groups -OCH3 is 1. The summed E-state index contributed by atoms with van der Waals surface area (Å²) in [5, 5.41) is 19.8. The zero-order chi connectivity index (χ0) is 20.0. The number of carboxylic acid groups (broad SMARTS) is 1. The second-order valence-electron chi connectivity index (χ2n) is 5.50. The van der Waals surface area contributed by atoms with E-state index < -0.39 is 20.9 Å². The van der Waals surface area contributed by atoms with Crippen molar-refractivity contribution in [3.8, 4) is 5.75 Å². The second-order valence-corrected chi connectivity index (χ2v) is 7.36. The number of nitrogens with zero attached hydrogens (tertiary/aromatic N) is 2. The highest BCUT2D eigenvalue weighted by Gasteiger charge is 2.28. The Bertz CT molecular complexity index is 944. The third-order valence-electron chi connectivity index (χ3n) is 3.72. The third kappa shape index (κ3) is 4.73. The summed E-state index contributed by atoms with van der Waals surface area (Å²) in [6.45, 7) is -0.127. The van der Waals surface area contributed by atoms with Gasteiger partial charge in [-0.2, -0.15) is 0 Å². The smallest absolute Gasteiger partial charge is 0.303 e. The predicted octanol–water partition coefficient (Wildman–Crippen LogP) is 2.66. The number of nitro groups is 1. The SMILES string of the molecule is COc1ccccc1N(CCCC(=O)O)S(=O)(=O)c1cccc([N+](=O)[O-])c1. The zero-order valence-corrected chi connectivity index (χ0v) is 15.3. The lowest BCUT2D eigenvalue weighted by Crippen LogP contribution is -2.32. The molecule has 27 heavy (non-hydrogen) atoms. The summed E-state index contributed by atoms with van der Waals surface area (Å²) in [5.74, 6) is -0.774. The maximum Gasteiger partial charge on any atom is 0.303 e. The van der Waals surface area contributed by atoms with Crippen molar-refractivity contribution in [1.29, 1.82) is 0 Å².